The van der Waals surface area contributed by atoms with Gasteiger partial charge >= 0.3 is 0 Å². The number of amides is 2. The van der Waals surface area contributed by atoms with Crippen LogP contribution in [-0.4, -0.2) is 44.3 Å². The summed E-state index contributed by atoms with van der Waals surface area (Å²) in [6, 6.07) is 20.7. The Morgan fingerprint density at radius 2 is 1.68 bits per heavy atom. The minimum atomic E-state index is -4.10. The number of benzene rings is 3. The second kappa shape index (κ2) is 13.1. The van der Waals surface area contributed by atoms with Crippen LogP contribution in [0.25, 0.3) is 0 Å². The molecule has 0 aliphatic heterocycles. The third kappa shape index (κ3) is 7.56. The molecule has 37 heavy (non-hydrogen) atoms. The smallest absolute Gasteiger partial charge is 0.264 e. The van der Waals surface area contributed by atoms with Crippen molar-refractivity contribution in [2.45, 2.75) is 37.8 Å². The van der Waals surface area contributed by atoms with Gasteiger partial charge in [-0.15, -0.1) is 0 Å². The Bertz CT molecular complexity index is 1320. The van der Waals surface area contributed by atoms with Gasteiger partial charge in [0.05, 0.1) is 10.6 Å². The molecule has 1 N–H and O–H groups in total. The summed E-state index contributed by atoms with van der Waals surface area (Å²) in [6.45, 7) is 3.67. The molecule has 3 aromatic rings. The summed E-state index contributed by atoms with van der Waals surface area (Å²) in [4.78, 5) is 28.1. The van der Waals surface area contributed by atoms with Crippen molar-refractivity contribution in [2.24, 2.45) is 0 Å². The highest BCUT2D eigenvalue weighted by Crippen LogP contribution is 2.26. The molecule has 0 unspecified atom stereocenters. The average molecular weight is 607 g/mol. The van der Waals surface area contributed by atoms with Gasteiger partial charge in [-0.2, -0.15) is 0 Å². The lowest BCUT2D eigenvalue weighted by atomic mass is 10.1. The summed E-state index contributed by atoms with van der Waals surface area (Å²) >= 11 is 9.47. The van der Waals surface area contributed by atoms with Gasteiger partial charge in [0.15, 0.2) is 0 Å². The van der Waals surface area contributed by atoms with Crippen LogP contribution in [0.15, 0.2) is 88.2 Å². The summed E-state index contributed by atoms with van der Waals surface area (Å²) in [6.07, 6.45) is 0.748. The number of nitrogens with zero attached hydrogens (tertiary/aromatic N) is 2. The minimum absolute atomic E-state index is 0.0463. The molecule has 10 heteroatoms. The molecular formula is C27H29BrClN3O4S. The average Bonchev–Trinajstić information content (AvgIpc) is 2.89. The zero-order valence-corrected chi connectivity index (χ0v) is 23.8. The first-order valence-corrected chi connectivity index (χ1v) is 14.4. The Hall–Kier alpha value is -2.88. The maximum atomic E-state index is 13.8. The molecule has 0 saturated heterocycles. The second-order valence-electron chi connectivity index (χ2n) is 8.42. The molecule has 7 nitrogen and oxygen atoms in total. The lowest BCUT2D eigenvalue weighted by Gasteiger charge is -2.32. The fourth-order valence-corrected chi connectivity index (χ4v) is 5.67. The van der Waals surface area contributed by atoms with Gasteiger partial charge in [-0.1, -0.05) is 64.8 Å². The van der Waals surface area contributed by atoms with Crippen LogP contribution in [0.3, 0.4) is 0 Å². The SMILES string of the molecule is CCCNC(=O)[C@@H](C)N(Cc1cccc(Br)c1)C(=O)CN(c1ccc(Cl)cc1)S(=O)(=O)c1ccccc1. The van der Waals surface area contributed by atoms with Crippen molar-refractivity contribution in [1.82, 2.24) is 10.2 Å². The predicted molar refractivity (Wildman–Crippen MR) is 150 cm³/mol. The van der Waals surface area contributed by atoms with Crippen LogP contribution in [0.4, 0.5) is 5.69 Å². The molecule has 0 radical (unpaired) electrons. The standard InChI is InChI=1S/C27H29BrClN3O4S/c1-3-16-30-27(34)20(2)31(18-21-8-7-9-22(28)17-21)26(33)19-32(24-14-12-23(29)13-15-24)37(35,36)25-10-5-4-6-11-25/h4-15,17,20H,3,16,18-19H2,1-2H3,(H,30,34)/t20-/m1/s1. The molecule has 1 atom stereocenters. The molecular weight excluding hydrogens is 578 g/mol. The Balaban J connectivity index is 2.00. The van der Waals surface area contributed by atoms with Crippen LogP contribution in [0.2, 0.25) is 5.02 Å². The molecule has 0 fully saturated rings. The predicted octanol–water partition coefficient (Wildman–Crippen LogP) is 5.24. The highest BCUT2D eigenvalue weighted by atomic mass is 79.9. The minimum Gasteiger partial charge on any atom is -0.354 e. The zero-order valence-electron chi connectivity index (χ0n) is 20.6. The van der Waals surface area contributed by atoms with Crippen molar-refractivity contribution < 1.29 is 18.0 Å². The number of carbonyl (C=O) groups excluding carboxylic acids is 2. The molecule has 0 aliphatic rings. The van der Waals surface area contributed by atoms with Gasteiger partial charge in [0.25, 0.3) is 10.0 Å². The quantitative estimate of drug-likeness (QED) is 0.323. The molecule has 3 rings (SSSR count). The summed E-state index contributed by atoms with van der Waals surface area (Å²) in [7, 11) is -4.10. The molecule has 196 valence electrons. The van der Waals surface area contributed by atoms with E-state index in [9.17, 15) is 18.0 Å². The van der Waals surface area contributed by atoms with E-state index in [1.54, 1.807) is 49.4 Å². The Labute approximate surface area is 231 Å². The first-order valence-electron chi connectivity index (χ1n) is 11.8. The molecule has 0 aliphatic carbocycles. The number of hydrogen-bond donors (Lipinski definition) is 1. The maximum Gasteiger partial charge on any atom is 0.264 e. The van der Waals surface area contributed by atoms with Crippen LogP contribution in [0, 0.1) is 0 Å². The van der Waals surface area contributed by atoms with Crippen LogP contribution in [0.1, 0.15) is 25.8 Å². The first-order chi connectivity index (χ1) is 17.6. The van der Waals surface area contributed by atoms with Crippen LogP contribution >= 0.6 is 27.5 Å². The van der Waals surface area contributed by atoms with Gasteiger partial charge in [0, 0.05) is 22.6 Å². The third-order valence-electron chi connectivity index (χ3n) is 5.68. The Morgan fingerprint density at radius 3 is 2.30 bits per heavy atom. The van der Waals surface area contributed by atoms with E-state index >= 15 is 0 Å². The number of rotatable bonds is 11. The number of hydrogen-bond acceptors (Lipinski definition) is 4. The zero-order chi connectivity index (χ0) is 27.0. The van der Waals surface area contributed by atoms with E-state index in [1.165, 1.54) is 17.0 Å². The summed E-state index contributed by atoms with van der Waals surface area (Å²) < 4.78 is 29.2. The monoisotopic (exact) mass is 605 g/mol. The number of sulfonamides is 1. The summed E-state index contributed by atoms with van der Waals surface area (Å²) in [5, 5.41) is 3.26. The van der Waals surface area contributed by atoms with Gasteiger partial charge < -0.3 is 10.2 Å². The van der Waals surface area contributed by atoms with Crippen LogP contribution in [-0.2, 0) is 26.2 Å². The third-order valence-corrected chi connectivity index (χ3v) is 8.22. The van der Waals surface area contributed by atoms with Crippen molar-refractivity contribution in [2.75, 3.05) is 17.4 Å². The van der Waals surface area contributed by atoms with E-state index in [-0.39, 0.29) is 23.0 Å². The number of halogens is 2. The van der Waals surface area contributed by atoms with Gasteiger partial charge in [-0.05, 0) is 67.4 Å². The van der Waals surface area contributed by atoms with Gasteiger partial charge in [0.1, 0.15) is 12.6 Å². The van der Waals surface area contributed by atoms with Gasteiger partial charge in [-0.3, -0.25) is 13.9 Å². The van der Waals surface area contributed by atoms with Crippen molar-refractivity contribution in [3.63, 3.8) is 0 Å². The molecule has 0 aromatic heterocycles. The van der Waals surface area contributed by atoms with E-state index in [0.717, 1.165) is 20.8 Å². The number of carbonyl (C=O) groups is 2. The van der Waals surface area contributed by atoms with E-state index in [1.807, 2.05) is 31.2 Å². The van der Waals surface area contributed by atoms with E-state index < -0.39 is 28.5 Å². The molecule has 0 spiro atoms. The van der Waals surface area contributed by atoms with Crippen molar-refractivity contribution in [1.29, 1.82) is 0 Å². The van der Waals surface area contributed by atoms with Gasteiger partial charge in [-0.25, -0.2) is 8.42 Å². The Kier molecular flexibility index (Phi) is 10.1. The fourth-order valence-electron chi connectivity index (χ4n) is 3.67. The van der Waals surface area contributed by atoms with E-state index in [2.05, 4.69) is 21.2 Å². The number of nitrogens with one attached hydrogen (secondary N) is 1. The van der Waals surface area contributed by atoms with Crippen molar-refractivity contribution in [3.8, 4) is 0 Å². The highest BCUT2D eigenvalue weighted by Gasteiger charge is 2.32. The van der Waals surface area contributed by atoms with Crippen molar-refractivity contribution in [3.05, 3.63) is 93.9 Å². The molecule has 2 amide bonds. The van der Waals surface area contributed by atoms with E-state index in [0.29, 0.717) is 11.6 Å². The first kappa shape index (κ1) is 28.7. The van der Waals surface area contributed by atoms with Crippen molar-refractivity contribution >= 4 is 55.1 Å². The lowest BCUT2D eigenvalue weighted by Crippen LogP contribution is -2.51. The molecule has 0 heterocycles. The van der Waals surface area contributed by atoms with Crippen LogP contribution < -0.4 is 9.62 Å². The molecule has 0 bridgehead atoms. The largest absolute Gasteiger partial charge is 0.354 e. The highest BCUT2D eigenvalue weighted by molar-refractivity contribution is 9.10. The second-order valence-corrected chi connectivity index (χ2v) is 11.6. The van der Waals surface area contributed by atoms with Gasteiger partial charge in [0.2, 0.25) is 11.8 Å². The normalized spacial score (nSPS) is 12.0. The molecule has 0 saturated carbocycles. The summed E-state index contributed by atoms with van der Waals surface area (Å²) in [5.41, 5.74) is 1.08. The lowest BCUT2D eigenvalue weighted by molar-refractivity contribution is -0.139. The fraction of sp³-hybridized carbons (Fsp3) is 0.259. The topological polar surface area (TPSA) is 86.8 Å². The van der Waals surface area contributed by atoms with E-state index in [4.69, 9.17) is 11.6 Å². The Morgan fingerprint density at radius 1 is 1.00 bits per heavy atom. The molecule has 3 aromatic carbocycles. The number of anilines is 1. The maximum absolute atomic E-state index is 13.8. The summed E-state index contributed by atoms with van der Waals surface area (Å²) in [5.74, 6) is -0.831. The van der Waals surface area contributed by atoms with Crippen LogP contribution in [0.5, 0.6) is 0 Å².